The normalized spacial score (nSPS) is 10.3. The SMILES string of the molecule is COCCCNCc1ccc(OC)cc1. The van der Waals surface area contributed by atoms with E-state index in [1.807, 2.05) is 12.1 Å². The minimum atomic E-state index is 0.815. The van der Waals surface area contributed by atoms with E-state index in [9.17, 15) is 0 Å². The van der Waals surface area contributed by atoms with Gasteiger partial charge >= 0.3 is 0 Å². The molecule has 84 valence electrons. The summed E-state index contributed by atoms with van der Waals surface area (Å²) in [6, 6.07) is 8.10. The molecular formula is C12H19NO2. The Kier molecular flexibility index (Phi) is 5.81. The predicted molar refractivity (Wildman–Crippen MR) is 61.2 cm³/mol. The van der Waals surface area contributed by atoms with Crippen molar-refractivity contribution in [3.8, 4) is 5.75 Å². The fourth-order valence-corrected chi connectivity index (χ4v) is 1.32. The van der Waals surface area contributed by atoms with E-state index in [2.05, 4.69) is 17.4 Å². The van der Waals surface area contributed by atoms with Crippen molar-refractivity contribution < 1.29 is 9.47 Å². The monoisotopic (exact) mass is 209 g/mol. The summed E-state index contributed by atoms with van der Waals surface area (Å²) in [6.45, 7) is 2.70. The zero-order valence-electron chi connectivity index (χ0n) is 9.45. The average Bonchev–Trinajstić information content (AvgIpc) is 2.30. The van der Waals surface area contributed by atoms with E-state index in [1.165, 1.54) is 5.56 Å². The highest BCUT2D eigenvalue weighted by Crippen LogP contribution is 2.10. The van der Waals surface area contributed by atoms with E-state index in [-0.39, 0.29) is 0 Å². The molecule has 15 heavy (non-hydrogen) atoms. The first-order valence-electron chi connectivity index (χ1n) is 5.19. The van der Waals surface area contributed by atoms with Crippen LogP contribution in [0.3, 0.4) is 0 Å². The fraction of sp³-hybridized carbons (Fsp3) is 0.500. The largest absolute Gasteiger partial charge is 0.497 e. The van der Waals surface area contributed by atoms with Gasteiger partial charge in [-0.3, -0.25) is 0 Å². The van der Waals surface area contributed by atoms with Crippen molar-refractivity contribution in [2.75, 3.05) is 27.4 Å². The van der Waals surface area contributed by atoms with Gasteiger partial charge in [-0.2, -0.15) is 0 Å². The van der Waals surface area contributed by atoms with Crippen LogP contribution in [0.15, 0.2) is 24.3 Å². The van der Waals surface area contributed by atoms with Crippen LogP contribution in [0.5, 0.6) is 5.75 Å². The summed E-state index contributed by atoms with van der Waals surface area (Å²) in [5, 5.41) is 3.35. The molecule has 0 atom stereocenters. The summed E-state index contributed by atoms with van der Waals surface area (Å²) in [6.07, 6.45) is 1.05. The Balaban J connectivity index is 2.20. The molecule has 0 aromatic heterocycles. The number of hydrogen-bond acceptors (Lipinski definition) is 3. The molecule has 0 saturated carbocycles. The second-order valence-corrected chi connectivity index (χ2v) is 3.37. The molecule has 0 fully saturated rings. The van der Waals surface area contributed by atoms with Gasteiger partial charge in [-0.1, -0.05) is 12.1 Å². The molecule has 0 spiro atoms. The number of rotatable bonds is 7. The minimum absolute atomic E-state index is 0.815. The van der Waals surface area contributed by atoms with Crippen molar-refractivity contribution in [1.29, 1.82) is 0 Å². The molecule has 0 amide bonds. The molecule has 0 aliphatic heterocycles. The van der Waals surface area contributed by atoms with E-state index >= 15 is 0 Å². The highest BCUT2D eigenvalue weighted by atomic mass is 16.5. The Labute approximate surface area is 91.4 Å². The van der Waals surface area contributed by atoms with Crippen molar-refractivity contribution in [3.63, 3.8) is 0 Å². The van der Waals surface area contributed by atoms with E-state index in [0.717, 1.165) is 31.9 Å². The zero-order chi connectivity index (χ0) is 10.9. The lowest BCUT2D eigenvalue weighted by molar-refractivity contribution is 0.194. The summed E-state index contributed by atoms with van der Waals surface area (Å²) in [5.74, 6) is 0.901. The Morgan fingerprint density at radius 3 is 2.47 bits per heavy atom. The van der Waals surface area contributed by atoms with Gasteiger partial charge in [0.05, 0.1) is 7.11 Å². The molecule has 1 rings (SSSR count). The van der Waals surface area contributed by atoms with Gasteiger partial charge in [0.25, 0.3) is 0 Å². The van der Waals surface area contributed by atoms with E-state index in [1.54, 1.807) is 14.2 Å². The Morgan fingerprint density at radius 1 is 1.13 bits per heavy atom. The summed E-state index contributed by atoms with van der Waals surface area (Å²) < 4.78 is 10.1. The van der Waals surface area contributed by atoms with Crippen LogP contribution in [-0.2, 0) is 11.3 Å². The third-order valence-corrected chi connectivity index (χ3v) is 2.19. The smallest absolute Gasteiger partial charge is 0.118 e. The van der Waals surface area contributed by atoms with Gasteiger partial charge < -0.3 is 14.8 Å². The van der Waals surface area contributed by atoms with Gasteiger partial charge in [-0.25, -0.2) is 0 Å². The van der Waals surface area contributed by atoms with Crippen LogP contribution >= 0.6 is 0 Å². The van der Waals surface area contributed by atoms with Crippen LogP contribution in [0.4, 0.5) is 0 Å². The molecule has 0 unspecified atom stereocenters. The molecule has 0 radical (unpaired) electrons. The van der Waals surface area contributed by atoms with Crippen molar-refractivity contribution in [1.82, 2.24) is 5.32 Å². The van der Waals surface area contributed by atoms with Crippen LogP contribution in [0.1, 0.15) is 12.0 Å². The third kappa shape index (κ3) is 4.81. The first-order valence-corrected chi connectivity index (χ1v) is 5.19. The quantitative estimate of drug-likeness (QED) is 0.695. The van der Waals surface area contributed by atoms with Crippen LogP contribution in [0.2, 0.25) is 0 Å². The van der Waals surface area contributed by atoms with Gasteiger partial charge in [0.2, 0.25) is 0 Å². The number of ether oxygens (including phenoxy) is 2. The van der Waals surface area contributed by atoms with E-state index in [4.69, 9.17) is 9.47 Å². The van der Waals surface area contributed by atoms with Crippen LogP contribution in [0.25, 0.3) is 0 Å². The van der Waals surface area contributed by atoms with Gasteiger partial charge in [0.1, 0.15) is 5.75 Å². The molecule has 0 aliphatic carbocycles. The molecule has 1 aromatic carbocycles. The first-order chi connectivity index (χ1) is 7.36. The highest BCUT2D eigenvalue weighted by Gasteiger charge is 1.93. The van der Waals surface area contributed by atoms with E-state index in [0.29, 0.717) is 0 Å². The maximum atomic E-state index is 5.09. The maximum absolute atomic E-state index is 5.09. The van der Waals surface area contributed by atoms with Crippen LogP contribution in [-0.4, -0.2) is 27.4 Å². The van der Waals surface area contributed by atoms with Gasteiger partial charge in [0, 0.05) is 20.3 Å². The average molecular weight is 209 g/mol. The Morgan fingerprint density at radius 2 is 1.87 bits per heavy atom. The summed E-state index contributed by atoms with van der Waals surface area (Å²) >= 11 is 0. The summed E-state index contributed by atoms with van der Waals surface area (Å²) in [4.78, 5) is 0. The molecular weight excluding hydrogens is 190 g/mol. The van der Waals surface area contributed by atoms with Crippen molar-refractivity contribution in [2.45, 2.75) is 13.0 Å². The Bertz CT molecular complexity index is 259. The van der Waals surface area contributed by atoms with Gasteiger partial charge in [-0.15, -0.1) is 0 Å². The van der Waals surface area contributed by atoms with Gasteiger partial charge in [-0.05, 0) is 30.7 Å². The lowest BCUT2D eigenvalue weighted by atomic mass is 10.2. The number of hydrogen-bond donors (Lipinski definition) is 1. The third-order valence-electron chi connectivity index (χ3n) is 2.19. The second kappa shape index (κ2) is 7.26. The van der Waals surface area contributed by atoms with Crippen LogP contribution < -0.4 is 10.1 Å². The maximum Gasteiger partial charge on any atom is 0.118 e. The fourth-order valence-electron chi connectivity index (χ4n) is 1.32. The predicted octanol–water partition coefficient (Wildman–Crippen LogP) is 1.82. The highest BCUT2D eigenvalue weighted by molar-refractivity contribution is 5.26. The van der Waals surface area contributed by atoms with Crippen molar-refractivity contribution >= 4 is 0 Å². The molecule has 0 bridgehead atoms. The van der Waals surface area contributed by atoms with Crippen LogP contribution in [0, 0.1) is 0 Å². The zero-order valence-corrected chi connectivity index (χ0v) is 9.45. The number of benzene rings is 1. The van der Waals surface area contributed by atoms with Gasteiger partial charge in [0.15, 0.2) is 0 Å². The first kappa shape index (κ1) is 12.0. The standard InChI is InChI=1S/C12H19NO2/c1-14-9-3-8-13-10-11-4-6-12(15-2)7-5-11/h4-7,13H,3,8-10H2,1-2H3. The molecule has 1 aromatic rings. The summed E-state index contributed by atoms with van der Waals surface area (Å²) in [5.41, 5.74) is 1.27. The minimum Gasteiger partial charge on any atom is -0.497 e. The molecule has 1 N–H and O–H groups in total. The topological polar surface area (TPSA) is 30.5 Å². The Hall–Kier alpha value is -1.06. The molecule has 3 nitrogen and oxygen atoms in total. The molecule has 0 heterocycles. The number of methoxy groups -OCH3 is 2. The van der Waals surface area contributed by atoms with Crippen molar-refractivity contribution in [3.05, 3.63) is 29.8 Å². The van der Waals surface area contributed by atoms with Crippen molar-refractivity contribution in [2.24, 2.45) is 0 Å². The lowest BCUT2D eigenvalue weighted by Gasteiger charge is -2.05. The number of nitrogens with one attached hydrogen (secondary N) is 1. The summed E-state index contributed by atoms with van der Waals surface area (Å²) in [7, 11) is 3.40. The second-order valence-electron chi connectivity index (χ2n) is 3.37. The van der Waals surface area contributed by atoms with E-state index < -0.39 is 0 Å². The lowest BCUT2D eigenvalue weighted by Crippen LogP contribution is -2.15. The molecule has 3 heteroatoms. The molecule has 0 saturated heterocycles. The molecule has 0 aliphatic rings.